The lowest BCUT2D eigenvalue weighted by atomic mass is 10.0. The molecule has 0 aromatic rings. The van der Waals surface area contributed by atoms with Gasteiger partial charge in [0.2, 0.25) is 0 Å². The number of ether oxygens (including phenoxy) is 3. The maximum absolute atomic E-state index is 12.8. The molecule has 64 heavy (non-hydrogen) atoms. The van der Waals surface area contributed by atoms with Gasteiger partial charge in [-0.15, -0.1) is 0 Å². The summed E-state index contributed by atoms with van der Waals surface area (Å²) in [6.07, 6.45) is 69.3. The topological polar surface area (TPSA) is 78.9 Å². The van der Waals surface area contributed by atoms with Crippen molar-refractivity contribution < 1.29 is 28.6 Å². The Labute approximate surface area is 393 Å². The van der Waals surface area contributed by atoms with Crippen LogP contribution in [0.1, 0.15) is 220 Å². The van der Waals surface area contributed by atoms with Crippen molar-refractivity contribution in [3.63, 3.8) is 0 Å². The molecule has 0 rings (SSSR count). The average molecular weight is 887 g/mol. The Bertz CT molecular complexity index is 1340. The van der Waals surface area contributed by atoms with Crippen molar-refractivity contribution in [1.29, 1.82) is 0 Å². The van der Waals surface area contributed by atoms with E-state index >= 15 is 0 Å². The zero-order valence-corrected chi connectivity index (χ0v) is 41.3. The monoisotopic (exact) mass is 887 g/mol. The van der Waals surface area contributed by atoms with Crippen molar-refractivity contribution in [1.82, 2.24) is 0 Å². The fourth-order valence-electron chi connectivity index (χ4n) is 6.69. The number of hydrogen-bond acceptors (Lipinski definition) is 6. The highest BCUT2D eigenvalue weighted by Crippen LogP contribution is 2.14. The van der Waals surface area contributed by atoms with Crippen LogP contribution in [-0.4, -0.2) is 37.2 Å². The highest BCUT2D eigenvalue weighted by Gasteiger charge is 2.19. The number of esters is 3. The highest BCUT2D eigenvalue weighted by molar-refractivity contribution is 5.71. The first-order chi connectivity index (χ1) is 31.5. The second-order valence-corrected chi connectivity index (χ2v) is 16.7. The molecule has 0 aromatic heterocycles. The second kappa shape index (κ2) is 51.7. The van der Waals surface area contributed by atoms with E-state index in [0.29, 0.717) is 19.3 Å². The van der Waals surface area contributed by atoms with Crippen molar-refractivity contribution in [2.75, 3.05) is 13.2 Å². The lowest BCUT2D eigenvalue weighted by molar-refractivity contribution is -0.167. The van der Waals surface area contributed by atoms with Gasteiger partial charge in [0.1, 0.15) is 13.2 Å². The molecule has 0 aliphatic carbocycles. The Kier molecular flexibility index (Phi) is 48.5. The molecule has 362 valence electrons. The first-order valence-corrected chi connectivity index (χ1v) is 25.9. The van der Waals surface area contributed by atoms with Crippen molar-refractivity contribution in [3.8, 4) is 0 Å². The third-order valence-electron chi connectivity index (χ3n) is 10.5. The quantitative estimate of drug-likeness (QED) is 0.0262. The molecule has 0 saturated carbocycles. The van der Waals surface area contributed by atoms with Crippen LogP contribution in [0.5, 0.6) is 0 Å². The molecule has 0 bridgehead atoms. The number of carbonyl (C=O) groups excluding carboxylic acids is 3. The molecular formula is C58H94O6. The molecule has 0 amide bonds. The summed E-state index contributed by atoms with van der Waals surface area (Å²) in [6, 6.07) is 0. The van der Waals surface area contributed by atoms with E-state index in [4.69, 9.17) is 14.2 Å². The number of carbonyl (C=O) groups is 3. The number of allylic oxidation sites excluding steroid dienone is 18. The fraction of sp³-hybridized carbons (Fsp3) is 0.638. The van der Waals surface area contributed by atoms with Gasteiger partial charge >= 0.3 is 17.9 Å². The van der Waals surface area contributed by atoms with E-state index in [0.717, 1.165) is 116 Å². The molecule has 0 unspecified atom stereocenters. The lowest BCUT2D eigenvalue weighted by Gasteiger charge is -2.18. The Morgan fingerprint density at radius 3 is 0.984 bits per heavy atom. The van der Waals surface area contributed by atoms with Crippen LogP contribution in [0, 0.1) is 0 Å². The van der Waals surface area contributed by atoms with E-state index in [1.54, 1.807) is 0 Å². The maximum atomic E-state index is 12.8. The van der Waals surface area contributed by atoms with Crippen LogP contribution in [0.4, 0.5) is 0 Å². The summed E-state index contributed by atoms with van der Waals surface area (Å²) >= 11 is 0. The number of unbranched alkanes of at least 4 members (excludes halogenated alkanes) is 16. The minimum Gasteiger partial charge on any atom is -0.462 e. The smallest absolute Gasteiger partial charge is 0.306 e. The molecular weight excluding hydrogens is 793 g/mol. The maximum Gasteiger partial charge on any atom is 0.306 e. The summed E-state index contributed by atoms with van der Waals surface area (Å²) in [7, 11) is 0. The Balaban J connectivity index is 4.51. The second-order valence-electron chi connectivity index (χ2n) is 16.7. The van der Waals surface area contributed by atoms with Gasteiger partial charge in [0, 0.05) is 19.3 Å². The molecule has 0 aliphatic heterocycles. The van der Waals surface area contributed by atoms with Gasteiger partial charge in [-0.05, 0) is 103 Å². The molecule has 0 heterocycles. The van der Waals surface area contributed by atoms with Crippen LogP contribution in [0.3, 0.4) is 0 Å². The van der Waals surface area contributed by atoms with Gasteiger partial charge < -0.3 is 14.2 Å². The van der Waals surface area contributed by atoms with E-state index in [-0.39, 0.29) is 37.5 Å². The van der Waals surface area contributed by atoms with Crippen molar-refractivity contribution in [2.45, 2.75) is 226 Å². The first-order valence-electron chi connectivity index (χ1n) is 25.9. The van der Waals surface area contributed by atoms with Gasteiger partial charge in [-0.25, -0.2) is 0 Å². The van der Waals surface area contributed by atoms with Crippen molar-refractivity contribution >= 4 is 17.9 Å². The third kappa shape index (κ3) is 49.1. The molecule has 0 fully saturated rings. The SMILES string of the molecule is CC/C=C\C/C=C\C/C=C\C/C=C\C/C=C\CCCCCC(=O)OC[C@@H](COC(=O)CCCCCCCCCCCCCC)OC(=O)CCCC/C=C\C/C=C\C/C=C\C/C=C\CC. The zero-order chi connectivity index (χ0) is 46.5. The van der Waals surface area contributed by atoms with Crippen LogP contribution in [-0.2, 0) is 28.6 Å². The predicted octanol–water partition coefficient (Wildman–Crippen LogP) is 17.1. The molecule has 6 nitrogen and oxygen atoms in total. The molecule has 0 aliphatic rings. The molecule has 0 radical (unpaired) electrons. The third-order valence-corrected chi connectivity index (χ3v) is 10.5. The van der Waals surface area contributed by atoms with Gasteiger partial charge in [-0.3, -0.25) is 14.4 Å². The molecule has 0 saturated heterocycles. The van der Waals surface area contributed by atoms with Gasteiger partial charge in [-0.1, -0.05) is 207 Å². The van der Waals surface area contributed by atoms with E-state index in [2.05, 4.69) is 130 Å². The molecule has 0 aromatic carbocycles. The summed E-state index contributed by atoms with van der Waals surface area (Å²) in [5.74, 6) is -0.986. The average Bonchev–Trinajstić information content (AvgIpc) is 3.29. The van der Waals surface area contributed by atoms with Crippen LogP contribution in [0.2, 0.25) is 0 Å². The molecule has 0 spiro atoms. The number of rotatable bonds is 45. The van der Waals surface area contributed by atoms with Crippen LogP contribution < -0.4 is 0 Å². The zero-order valence-electron chi connectivity index (χ0n) is 41.3. The summed E-state index contributed by atoms with van der Waals surface area (Å²) in [6.45, 7) is 6.33. The summed E-state index contributed by atoms with van der Waals surface area (Å²) in [4.78, 5) is 38.0. The first kappa shape index (κ1) is 60.1. The van der Waals surface area contributed by atoms with E-state index in [1.807, 2.05) is 0 Å². The van der Waals surface area contributed by atoms with Crippen LogP contribution >= 0.6 is 0 Å². The summed E-state index contributed by atoms with van der Waals surface area (Å²) in [5, 5.41) is 0. The molecule has 1 atom stereocenters. The van der Waals surface area contributed by atoms with Crippen LogP contribution in [0.25, 0.3) is 0 Å². The van der Waals surface area contributed by atoms with Crippen LogP contribution in [0.15, 0.2) is 109 Å². The number of hydrogen-bond donors (Lipinski definition) is 0. The summed E-state index contributed by atoms with van der Waals surface area (Å²) in [5.41, 5.74) is 0. The van der Waals surface area contributed by atoms with Gasteiger partial charge in [0.25, 0.3) is 0 Å². The van der Waals surface area contributed by atoms with E-state index in [1.165, 1.54) is 57.8 Å². The molecule has 0 N–H and O–H groups in total. The lowest BCUT2D eigenvalue weighted by Crippen LogP contribution is -2.30. The van der Waals surface area contributed by atoms with Gasteiger partial charge in [0.05, 0.1) is 0 Å². The fourth-order valence-corrected chi connectivity index (χ4v) is 6.69. The minimum atomic E-state index is -0.813. The Hall–Kier alpha value is -3.93. The molecule has 6 heteroatoms. The van der Waals surface area contributed by atoms with Crippen molar-refractivity contribution in [2.24, 2.45) is 0 Å². The van der Waals surface area contributed by atoms with Gasteiger partial charge in [0.15, 0.2) is 6.10 Å². The van der Waals surface area contributed by atoms with Gasteiger partial charge in [-0.2, -0.15) is 0 Å². The summed E-state index contributed by atoms with van der Waals surface area (Å²) < 4.78 is 16.7. The standard InChI is InChI=1S/C58H94O6/c1-4-7-10-13-16-19-22-25-27-28-29-30-32-33-36-39-42-45-48-51-57(60)63-54-55(53-62-56(59)50-47-44-41-38-35-24-21-18-15-12-9-6-3)64-58(61)52-49-46-43-40-37-34-31-26-23-20-17-14-11-8-5-2/h7-8,10-11,16-17,19-20,25-27,29-31,33,36-37,40,55H,4-6,9,12-15,18,21-24,28,32,34-35,38-39,41-54H2,1-3H3/b10-7-,11-8-,19-16-,20-17-,27-25-,30-29-,31-26-,36-33-,40-37-/t55-/m1/s1. The normalized spacial score (nSPS) is 13.0. The predicted molar refractivity (Wildman–Crippen MR) is 274 cm³/mol. The van der Waals surface area contributed by atoms with Crippen molar-refractivity contribution in [3.05, 3.63) is 109 Å². The minimum absolute atomic E-state index is 0.106. The Morgan fingerprint density at radius 2 is 0.609 bits per heavy atom. The van der Waals surface area contributed by atoms with E-state index < -0.39 is 6.10 Å². The largest absolute Gasteiger partial charge is 0.462 e. The Morgan fingerprint density at radius 1 is 0.328 bits per heavy atom. The highest BCUT2D eigenvalue weighted by atomic mass is 16.6. The van der Waals surface area contributed by atoms with E-state index in [9.17, 15) is 14.4 Å².